The van der Waals surface area contributed by atoms with Gasteiger partial charge in [0.15, 0.2) is 17.5 Å². The van der Waals surface area contributed by atoms with Crippen LogP contribution in [0.3, 0.4) is 0 Å². The van der Waals surface area contributed by atoms with Crippen LogP contribution in [0.5, 0.6) is 0 Å². The Morgan fingerprint density at radius 1 is 0.426 bits per heavy atom. The second-order valence-electron chi connectivity index (χ2n) is 10.8. The zero-order valence-electron chi connectivity index (χ0n) is 35.5. The lowest BCUT2D eigenvalue weighted by Crippen LogP contribution is -2.00. The van der Waals surface area contributed by atoms with Crippen LogP contribution in [0.4, 0.5) is 0 Å². The number of aromatic nitrogens is 3. The van der Waals surface area contributed by atoms with Gasteiger partial charge in [-0.15, -0.1) is 11.3 Å². The highest BCUT2D eigenvalue weighted by Crippen LogP contribution is 2.37. The molecule has 2 heterocycles. The van der Waals surface area contributed by atoms with E-state index in [1.807, 2.05) is 78.9 Å². The molecule has 4 heteroatoms. The van der Waals surface area contributed by atoms with Crippen LogP contribution in [0.1, 0.15) is 15.1 Å². The fourth-order valence-corrected chi connectivity index (χ4v) is 6.60. The first-order valence-corrected chi connectivity index (χ1v) is 15.6. The van der Waals surface area contributed by atoms with Gasteiger partial charge in [0.25, 0.3) is 0 Å². The molecule has 0 atom stereocenters. The van der Waals surface area contributed by atoms with E-state index < -0.39 is 54.4 Å². The maximum absolute atomic E-state index is 9.51. The Bertz CT molecular complexity index is 3190. The normalized spacial score (nSPS) is 14.7. The Hall–Kier alpha value is -5.97. The Balaban J connectivity index is 1.29. The highest BCUT2D eigenvalue weighted by Gasteiger charge is 2.15. The van der Waals surface area contributed by atoms with Gasteiger partial charge < -0.3 is 0 Å². The van der Waals surface area contributed by atoms with Crippen LogP contribution in [0.2, 0.25) is 0 Å². The van der Waals surface area contributed by atoms with E-state index in [-0.39, 0.29) is 66.4 Å². The van der Waals surface area contributed by atoms with E-state index >= 15 is 0 Å². The number of rotatable bonds is 5. The summed E-state index contributed by atoms with van der Waals surface area (Å²) in [6.07, 6.45) is 0. The maximum Gasteiger partial charge on any atom is 0.164 e. The molecule has 2 aromatic heterocycles. The van der Waals surface area contributed by atoms with Crippen LogP contribution in [0.15, 0.2) is 164 Å². The summed E-state index contributed by atoms with van der Waals surface area (Å²) in [7, 11) is 0. The molecular weight excluding hydrogens is 591 g/mol. The number of hydrogen-bond acceptors (Lipinski definition) is 4. The molecule has 220 valence electrons. The first-order chi connectivity index (χ1) is 27.9. The van der Waals surface area contributed by atoms with Gasteiger partial charge >= 0.3 is 0 Å². The Morgan fingerprint density at radius 3 is 1.94 bits per heavy atom. The Kier molecular flexibility index (Phi) is 4.44. The van der Waals surface area contributed by atoms with E-state index in [0.29, 0.717) is 11.1 Å². The number of thiophene rings is 1. The van der Waals surface area contributed by atoms with Crippen LogP contribution in [-0.4, -0.2) is 15.0 Å². The summed E-state index contributed by atoms with van der Waals surface area (Å²) in [5, 5.41) is 1.93. The van der Waals surface area contributed by atoms with Crippen molar-refractivity contribution in [3.8, 4) is 56.4 Å². The highest BCUT2D eigenvalue weighted by molar-refractivity contribution is 7.25. The first-order valence-electron chi connectivity index (χ1n) is 20.3. The van der Waals surface area contributed by atoms with Crippen molar-refractivity contribution in [2.24, 2.45) is 0 Å². The van der Waals surface area contributed by atoms with Gasteiger partial charge in [0.2, 0.25) is 0 Å². The molecule has 0 amide bonds. The molecule has 0 saturated heterocycles. The molecule has 0 aliphatic heterocycles. The predicted molar refractivity (Wildman–Crippen MR) is 197 cm³/mol. The van der Waals surface area contributed by atoms with Crippen molar-refractivity contribution < 1.29 is 15.1 Å². The molecule has 9 rings (SSSR count). The second-order valence-corrected chi connectivity index (χ2v) is 11.8. The largest absolute Gasteiger partial charge is 0.208 e. The topological polar surface area (TPSA) is 38.7 Å². The quantitative estimate of drug-likeness (QED) is 0.190. The van der Waals surface area contributed by atoms with Crippen molar-refractivity contribution in [3.05, 3.63) is 164 Å². The number of hydrogen-bond donors (Lipinski definition) is 0. The third-order valence-corrected chi connectivity index (χ3v) is 8.90. The molecule has 0 radical (unpaired) electrons. The molecule has 0 spiro atoms. The van der Waals surface area contributed by atoms with Gasteiger partial charge in [0, 0.05) is 36.9 Å². The third-order valence-electron chi connectivity index (χ3n) is 7.87. The van der Waals surface area contributed by atoms with Crippen molar-refractivity contribution in [3.63, 3.8) is 0 Å². The zero-order valence-corrected chi connectivity index (χ0v) is 25.3. The van der Waals surface area contributed by atoms with E-state index in [4.69, 9.17) is 27.3 Å². The first kappa shape index (κ1) is 18.2. The molecule has 0 bridgehead atoms. The smallest absolute Gasteiger partial charge is 0.164 e. The number of benzene rings is 7. The lowest BCUT2D eigenvalue weighted by molar-refractivity contribution is 1.07. The van der Waals surface area contributed by atoms with Gasteiger partial charge in [-0.1, -0.05) is 139 Å². The van der Waals surface area contributed by atoms with E-state index in [1.54, 1.807) is 12.1 Å². The van der Waals surface area contributed by atoms with Crippen molar-refractivity contribution in [1.82, 2.24) is 15.0 Å². The molecular formula is C43H27N3S. The lowest BCUT2D eigenvalue weighted by Gasteiger charge is -2.11. The average molecular weight is 629 g/mol. The molecule has 0 aliphatic carbocycles. The van der Waals surface area contributed by atoms with Crippen molar-refractivity contribution >= 4 is 42.3 Å². The van der Waals surface area contributed by atoms with Gasteiger partial charge in [-0.05, 0) is 57.2 Å². The highest BCUT2D eigenvalue weighted by atomic mass is 32.1. The summed E-state index contributed by atoms with van der Waals surface area (Å²) in [6, 6.07) is 25.5. The van der Waals surface area contributed by atoms with Crippen LogP contribution in [0, 0.1) is 0 Å². The molecule has 0 fully saturated rings. The van der Waals surface area contributed by atoms with Crippen LogP contribution in [0.25, 0.3) is 87.4 Å². The van der Waals surface area contributed by atoms with E-state index in [2.05, 4.69) is 6.07 Å². The standard InChI is InChI=1S/C43H27N3S/c1-3-11-28(12-4-1)35-19-10-16-32-26-34(22-23-36(32)35)43-45-41(29-13-5-2-6-14-29)44-42(46-43)33-17-9-15-30(25-33)31-21-24-38-37-18-7-8-20-39(37)47-40(38)27-31/h1-27H/i7D,8D,9D,15D,17D,18D,20D,21D,24D,25D,27D. The van der Waals surface area contributed by atoms with Crippen molar-refractivity contribution in [1.29, 1.82) is 0 Å². The summed E-state index contributed by atoms with van der Waals surface area (Å²) in [5.74, 6) is 0.311. The second kappa shape index (κ2) is 11.4. The molecule has 0 unspecified atom stereocenters. The van der Waals surface area contributed by atoms with Crippen molar-refractivity contribution in [2.75, 3.05) is 0 Å². The molecule has 9 aromatic rings. The molecule has 0 aliphatic rings. The number of fused-ring (bicyclic) bond motifs is 4. The minimum atomic E-state index is -0.607. The summed E-state index contributed by atoms with van der Waals surface area (Å²) in [5.41, 5.74) is 2.44. The third kappa shape index (κ3) is 5.05. The molecule has 0 saturated carbocycles. The van der Waals surface area contributed by atoms with Crippen LogP contribution < -0.4 is 0 Å². The van der Waals surface area contributed by atoms with Crippen LogP contribution >= 0.6 is 11.3 Å². The minimum absolute atomic E-state index is 0.00636. The SMILES string of the molecule is [2H]c1c([2H])c(-c2nc(-c3ccccc3)nc(-c3ccc4c(-c5ccccc5)cccc4c3)n2)c([2H])c(-c2c([2H])c([2H])c3c(sc4c([2H])c([2H])c([2H])c([2H])c43)c2[2H])c1[2H]. The minimum Gasteiger partial charge on any atom is -0.208 e. The zero-order chi connectivity index (χ0) is 40.7. The maximum atomic E-state index is 9.51. The van der Waals surface area contributed by atoms with Gasteiger partial charge in [-0.25, -0.2) is 15.0 Å². The fourth-order valence-electron chi connectivity index (χ4n) is 5.63. The monoisotopic (exact) mass is 628 g/mol. The molecule has 3 nitrogen and oxygen atoms in total. The van der Waals surface area contributed by atoms with Gasteiger partial charge in [-0.2, -0.15) is 0 Å². The van der Waals surface area contributed by atoms with Crippen LogP contribution in [-0.2, 0) is 0 Å². The summed E-state index contributed by atoms with van der Waals surface area (Å²) in [4.78, 5) is 14.3. The summed E-state index contributed by atoms with van der Waals surface area (Å²) < 4.78 is 97.4. The number of nitrogens with zero attached hydrogens (tertiary/aromatic N) is 3. The predicted octanol–water partition coefficient (Wildman–Crippen LogP) is 11.7. The van der Waals surface area contributed by atoms with E-state index in [1.165, 1.54) is 0 Å². The summed E-state index contributed by atoms with van der Waals surface area (Å²) >= 11 is 0.862. The van der Waals surface area contributed by atoms with E-state index in [9.17, 15) is 2.74 Å². The van der Waals surface area contributed by atoms with Gasteiger partial charge in [0.1, 0.15) is 0 Å². The molecule has 47 heavy (non-hydrogen) atoms. The Morgan fingerprint density at radius 2 is 1.11 bits per heavy atom. The summed E-state index contributed by atoms with van der Waals surface area (Å²) in [6.45, 7) is 0. The molecule has 7 aromatic carbocycles. The fraction of sp³-hybridized carbons (Fsp3) is 0. The van der Waals surface area contributed by atoms with Gasteiger partial charge in [0.05, 0.1) is 15.1 Å². The average Bonchev–Trinajstić information content (AvgIpc) is 3.66. The van der Waals surface area contributed by atoms with E-state index in [0.717, 1.165) is 33.2 Å². The lowest BCUT2D eigenvalue weighted by atomic mass is 9.97. The van der Waals surface area contributed by atoms with Crippen molar-refractivity contribution in [2.45, 2.75) is 0 Å². The van der Waals surface area contributed by atoms with Gasteiger partial charge in [-0.3, -0.25) is 0 Å². The Labute approximate surface area is 292 Å². The molecule has 0 N–H and O–H groups in total.